The average Bonchev–Trinajstić information content (AvgIpc) is 3.06. The molecule has 1 N–H and O–H groups in total. The predicted molar refractivity (Wildman–Crippen MR) is 100 cm³/mol. The first kappa shape index (κ1) is 18.1. The molecule has 0 aliphatic heterocycles. The van der Waals surface area contributed by atoms with Gasteiger partial charge in [-0.05, 0) is 5.56 Å². The second-order valence-electron chi connectivity index (χ2n) is 7.27. The molecule has 0 radical (unpaired) electrons. The summed E-state index contributed by atoms with van der Waals surface area (Å²) in [5.41, 5.74) is 3.73. The van der Waals surface area contributed by atoms with Gasteiger partial charge in [-0.15, -0.1) is 0 Å². The average molecular weight is 352 g/mol. The zero-order valence-corrected chi connectivity index (χ0v) is 15.6. The molecule has 3 aromatic rings. The molecule has 0 aliphatic rings. The highest BCUT2D eigenvalue weighted by Gasteiger charge is 2.22. The predicted octanol–water partition coefficient (Wildman–Crippen LogP) is 3.10. The first-order valence-electron chi connectivity index (χ1n) is 8.59. The highest BCUT2D eigenvalue weighted by Crippen LogP contribution is 2.23. The van der Waals surface area contributed by atoms with Crippen molar-refractivity contribution in [2.45, 2.75) is 39.3 Å². The molecule has 26 heavy (non-hydrogen) atoms. The second-order valence-corrected chi connectivity index (χ2v) is 7.27. The van der Waals surface area contributed by atoms with E-state index in [0.29, 0.717) is 23.4 Å². The number of fused-ring (bicyclic) bond motifs is 1. The molecule has 6 nitrogen and oxygen atoms in total. The van der Waals surface area contributed by atoms with Crippen LogP contribution in [0.3, 0.4) is 0 Å². The highest BCUT2D eigenvalue weighted by molar-refractivity contribution is 5.95. The molecule has 0 bridgehead atoms. The monoisotopic (exact) mass is 352 g/mol. The summed E-state index contributed by atoms with van der Waals surface area (Å²) in [4.78, 5) is 17.1. The van der Waals surface area contributed by atoms with Gasteiger partial charge in [0, 0.05) is 31.3 Å². The lowest BCUT2D eigenvalue weighted by molar-refractivity contribution is 0.0944. The van der Waals surface area contributed by atoms with Crippen molar-refractivity contribution in [1.82, 2.24) is 19.9 Å². The van der Waals surface area contributed by atoms with E-state index in [1.54, 1.807) is 17.8 Å². The number of nitrogens with zero attached hydrogens (tertiary/aromatic N) is 3. The SMILES string of the molecule is COCc1c(C(=O)NCc2ccccc2)cnc2cc(C(C)(C)C)nn12. The van der Waals surface area contributed by atoms with E-state index in [4.69, 9.17) is 4.74 Å². The van der Waals surface area contributed by atoms with Gasteiger partial charge in [-0.3, -0.25) is 4.79 Å². The van der Waals surface area contributed by atoms with Gasteiger partial charge in [0.15, 0.2) is 5.65 Å². The Morgan fingerprint density at radius 3 is 2.62 bits per heavy atom. The highest BCUT2D eigenvalue weighted by atomic mass is 16.5. The van der Waals surface area contributed by atoms with Crippen molar-refractivity contribution < 1.29 is 9.53 Å². The molecule has 3 rings (SSSR count). The van der Waals surface area contributed by atoms with Crippen LogP contribution in [0.25, 0.3) is 5.65 Å². The van der Waals surface area contributed by atoms with Crippen molar-refractivity contribution in [3.8, 4) is 0 Å². The fourth-order valence-electron chi connectivity index (χ4n) is 2.69. The van der Waals surface area contributed by atoms with Gasteiger partial charge in [0.05, 0.1) is 23.6 Å². The van der Waals surface area contributed by atoms with Gasteiger partial charge in [0.2, 0.25) is 0 Å². The Labute approximate surface area is 153 Å². The van der Waals surface area contributed by atoms with Gasteiger partial charge in [-0.2, -0.15) is 5.10 Å². The molecule has 0 fully saturated rings. The van der Waals surface area contributed by atoms with Crippen LogP contribution in [-0.2, 0) is 23.3 Å². The van der Waals surface area contributed by atoms with Crippen molar-refractivity contribution in [2.24, 2.45) is 0 Å². The lowest BCUT2D eigenvalue weighted by Crippen LogP contribution is -2.25. The van der Waals surface area contributed by atoms with Crippen LogP contribution < -0.4 is 5.32 Å². The number of benzene rings is 1. The molecule has 1 aromatic carbocycles. The number of ether oxygens (including phenoxy) is 1. The molecule has 0 saturated carbocycles. The van der Waals surface area contributed by atoms with Crippen LogP contribution in [0.4, 0.5) is 0 Å². The molecule has 0 saturated heterocycles. The third kappa shape index (κ3) is 3.75. The Kier molecular flexibility index (Phi) is 5.04. The molecule has 0 atom stereocenters. The molecule has 136 valence electrons. The first-order chi connectivity index (χ1) is 12.4. The van der Waals surface area contributed by atoms with E-state index in [2.05, 4.69) is 36.2 Å². The van der Waals surface area contributed by atoms with Crippen LogP contribution in [0.1, 0.15) is 48.1 Å². The number of carbonyl (C=O) groups is 1. The summed E-state index contributed by atoms with van der Waals surface area (Å²) in [6.45, 7) is 7.02. The van der Waals surface area contributed by atoms with Gasteiger partial charge < -0.3 is 10.1 Å². The zero-order chi connectivity index (χ0) is 18.7. The van der Waals surface area contributed by atoms with Crippen LogP contribution >= 0.6 is 0 Å². The minimum absolute atomic E-state index is 0.103. The Morgan fingerprint density at radius 1 is 1.23 bits per heavy atom. The fraction of sp³-hybridized carbons (Fsp3) is 0.350. The van der Waals surface area contributed by atoms with Crippen LogP contribution in [0.2, 0.25) is 0 Å². The van der Waals surface area contributed by atoms with Crippen LogP contribution in [0.15, 0.2) is 42.6 Å². The van der Waals surface area contributed by atoms with Crippen LogP contribution in [-0.4, -0.2) is 27.6 Å². The number of carbonyl (C=O) groups excluding carboxylic acids is 1. The molecular formula is C20H24N4O2. The van der Waals surface area contributed by atoms with Crippen molar-refractivity contribution in [3.63, 3.8) is 0 Å². The van der Waals surface area contributed by atoms with E-state index in [-0.39, 0.29) is 17.9 Å². The van der Waals surface area contributed by atoms with Crippen LogP contribution in [0.5, 0.6) is 0 Å². The quantitative estimate of drug-likeness (QED) is 0.766. The maximum Gasteiger partial charge on any atom is 0.255 e. The smallest absolute Gasteiger partial charge is 0.255 e. The topological polar surface area (TPSA) is 68.5 Å². The molecule has 2 aromatic heterocycles. The molecule has 1 amide bonds. The number of aromatic nitrogens is 3. The Balaban J connectivity index is 1.94. The summed E-state index contributed by atoms with van der Waals surface area (Å²) >= 11 is 0. The van der Waals surface area contributed by atoms with Crippen LogP contribution in [0, 0.1) is 0 Å². The summed E-state index contributed by atoms with van der Waals surface area (Å²) in [6, 6.07) is 11.7. The third-order valence-corrected chi connectivity index (χ3v) is 4.17. The van der Waals surface area contributed by atoms with E-state index in [1.165, 1.54) is 0 Å². The van der Waals surface area contributed by atoms with Gasteiger partial charge in [-0.1, -0.05) is 51.1 Å². The first-order valence-corrected chi connectivity index (χ1v) is 8.59. The van der Waals surface area contributed by atoms with Crippen molar-refractivity contribution in [2.75, 3.05) is 7.11 Å². The molecule has 2 heterocycles. The number of hydrogen-bond donors (Lipinski definition) is 1. The van der Waals surface area contributed by atoms with E-state index in [0.717, 1.165) is 11.3 Å². The van der Waals surface area contributed by atoms with Crippen molar-refractivity contribution in [3.05, 3.63) is 65.1 Å². The minimum atomic E-state index is -0.192. The Hall–Kier alpha value is -2.73. The van der Waals surface area contributed by atoms with E-state index in [1.807, 2.05) is 36.4 Å². The minimum Gasteiger partial charge on any atom is -0.378 e. The second kappa shape index (κ2) is 7.25. The lowest BCUT2D eigenvalue weighted by Gasteiger charge is -2.14. The van der Waals surface area contributed by atoms with Gasteiger partial charge in [0.1, 0.15) is 0 Å². The van der Waals surface area contributed by atoms with E-state index >= 15 is 0 Å². The number of rotatable bonds is 5. The van der Waals surface area contributed by atoms with Gasteiger partial charge >= 0.3 is 0 Å². The number of hydrogen-bond acceptors (Lipinski definition) is 4. The summed E-state index contributed by atoms with van der Waals surface area (Å²) in [5.74, 6) is -0.192. The number of methoxy groups -OCH3 is 1. The van der Waals surface area contributed by atoms with Gasteiger partial charge in [0.25, 0.3) is 5.91 Å². The molecule has 0 aliphatic carbocycles. The fourth-order valence-corrected chi connectivity index (χ4v) is 2.69. The largest absolute Gasteiger partial charge is 0.378 e. The number of nitrogens with one attached hydrogen (secondary N) is 1. The molecule has 0 spiro atoms. The number of amides is 1. The third-order valence-electron chi connectivity index (χ3n) is 4.17. The molecular weight excluding hydrogens is 328 g/mol. The summed E-state index contributed by atoms with van der Waals surface area (Å²) in [5, 5.41) is 7.60. The maximum atomic E-state index is 12.7. The summed E-state index contributed by atoms with van der Waals surface area (Å²) < 4.78 is 7.03. The summed E-state index contributed by atoms with van der Waals surface area (Å²) in [6.07, 6.45) is 1.60. The van der Waals surface area contributed by atoms with Crippen molar-refractivity contribution in [1.29, 1.82) is 0 Å². The Morgan fingerprint density at radius 2 is 1.96 bits per heavy atom. The van der Waals surface area contributed by atoms with Crippen molar-refractivity contribution >= 4 is 11.6 Å². The van der Waals surface area contributed by atoms with E-state index in [9.17, 15) is 4.79 Å². The zero-order valence-electron chi connectivity index (χ0n) is 15.6. The lowest BCUT2D eigenvalue weighted by atomic mass is 9.93. The maximum absolute atomic E-state index is 12.7. The normalized spacial score (nSPS) is 11.7. The standard InChI is InChI=1S/C20H24N4O2/c1-20(2,3)17-10-18-21-12-15(16(13-26-4)24(18)23-17)19(25)22-11-14-8-6-5-7-9-14/h5-10,12H,11,13H2,1-4H3,(H,22,25). The Bertz CT molecular complexity index is 911. The molecule has 6 heteroatoms. The van der Waals surface area contributed by atoms with E-state index < -0.39 is 0 Å². The molecule has 0 unspecified atom stereocenters. The summed E-state index contributed by atoms with van der Waals surface area (Å²) in [7, 11) is 1.60. The van der Waals surface area contributed by atoms with Gasteiger partial charge in [-0.25, -0.2) is 9.50 Å².